The average Bonchev–Trinajstić information content (AvgIpc) is 4.19. The molecule has 0 bridgehead atoms. The summed E-state index contributed by atoms with van der Waals surface area (Å²) in [4.78, 5) is 0. The Bertz CT molecular complexity index is 3240. The topological polar surface area (TPSA) is 0 Å². The van der Waals surface area contributed by atoms with Gasteiger partial charge in [0.2, 0.25) is 0 Å². The molecule has 0 aromatic heterocycles. The van der Waals surface area contributed by atoms with Crippen molar-refractivity contribution in [2.45, 2.75) is 193 Å². The lowest BCUT2D eigenvalue weighted by molar-refractivity contribution is 0.399. The van der Waals surface area contributed by atoms with Crippen LogP contribution in [0.15, 0.2) is 182 Å². The molecule has 0 unspecified atom stereocenters. The third-order valence-corrected chi connectivity index (χ3v) is 19.2. The maximum atomic E-state index is 2.58. The summed E-state index contributed by atoms with van der Waals surface area (Å²) >= 11 is 0. The summed E-state index contributed by atoms with van der Waals surface area (Å²) in [6, 6.07) is 71.7. The van der Waals surface area contributed by atoms with E-state index in [2.05, 4.69) is 210 Å². The smallest absolute Gasteiger partial charge is 0.0221 e. The Kier molecular flexibility index (Phi) is 18.0. The molecule has 0 heterocycles. The maximum Gasteiger partial charge on any atom is 0.0221 e. The summed E-state index contributed by atoms with van der Waals surface area (Å²) in [6.45, 7) is 9.37. The van der Waals surface area contributed by atoms with Gasteiger partial charge in [-0.1, -0.05) is 302 Å². The molecular weight excluding hydrogens is 961 g/mol. The fraction of sp³-hybridized carbons (Fsp3) is 0.375. The third-order valence-electron chi connectivity index (χ3n) is 19.2. The van der Waals surface area contributed by atoms with Crippen molar-refractivity contribution >= 4 is 21.5 Å². The van der Waals surface area contributed by atoms with E-state index in [1.807, 2.05) is 0 Å². The minimum atomic E-state index is -0.0241. The fourth-order valence-electron chi connectivity index (χ4n) is 15.3. The van der Waals surface area contributed by atoms with Gasteiger partial charge in [0.25, 0.3) is 0 Å². The van der Waals surface area contributed by atoms with Crippen LogP contribution in [0.5, 0.6) is 0 Å². The first-order valence-corrected chi connectivity index (χ1v) is 32.2. The quantitative estimate of drug-likeness (QED) is 0.0339. The summed E-state index contributed by atoms with van der Waals surface area (Å²) < 4.78 is 0. The Labute approximate surface area is 482 Å². The van der Waals surface area contributed by atoms with Crippen LogP contribution in [0.3, 0.4) is 0 Å². The zero-order chi connectivity index (χ0) is 54.7. The van der Waals surface area contributed by atoms with Crippen LogP contribution in [0, 0.1) is 0 Å². The van der Waals surface area contributed by atoms with Gasteiger partial charge in [-0.25, -0.2) is 0 Å². The summed E-state index contributed by atoms with van der Waals surface area (Å²) in [5.41, 5.74) is 22.7. The molecule has 0 saturated carbocycles. The van der Waals surface area contributed by atoms with Gasteiger partial charge in [0, 0.05) is 10.8 Å². The largest absolute Gasteiger partial charge is 0.0654 e. The first-order chi connectivity index (χ1) is 39.5. The van der Waals surface area contributed by atoms with Crippen molar-refractivity contribution in [1.82, 2.24) is 0 Å². The molecule has 0 aliphatic heterocycles. The summed E-state index contributed by atoms with van der Waals surface area (Å²) in [5, 5.41) is 5.24. The summed E-state index contributed by atoms with van der Waals surface area (Å²) in [5.74, 6) is 0. The highest BCUT2D eigenvalue weighted by Gasteiger charge is 2.45. The van der Waals surface area contributed by atoms with Gasteiger partial charge in [-0.3, -0.25) is 0 Å². The van der Waals surface area contributed by atoms with E-state index in [0.717, 1.165) is 0 Å². The van der Waals surface area contributed by atoms with Crippen molar-refractivity contribution in [2.75, 3.05) is 0 Å². The monoisotopic (exact) mass is 1050 g/mol. The molecule has 9 aromatic rings. The Balaban J connectivity index is 1.11. The fourth-order valence-corrected chi connectivity index (χ4v) is 15.3. The molecule has 0 amide bonds. The molecule has 80 heavy (non-hydrogen) atoms. The molecule has 0 radical (unpaired) electrons. The van der Waals surface area contributed by atoms with E-state index in [0.29, 0.717) is 0 Å². The van der Waals surface area contributed by atoms with Crippen LogP contribution in [0.4, 0.5) is 0 Å². The minimum Gasteiger partial charge on any atom is -0.0654 e. The summed E-state index contributed by atoms with van der Waals surface area (Å²) in [6.07, 6.45) is 30.8. The Morgan fingerprint density at radius 2 is 0.550 bits per heavy atom. The van der Waals surface area contributed by atoms with E-state index in [1.54, 1.807) is 22.3 Å². The molecule has 0 saturated heterocycles. The maximum absolute atomic E-state index is 2.58. The van der Waals surface area contributed by atoms with E-state index in [1.165, 1.54) is 242 Å². The van der Waals surface area contributed by atoms with E-state index >= 15 is 0 Å². The van der Waals surface area contributed by atoms with E-state index in [-0.39, 0.29) is 10.8 Å². The first-order valence-electron chi connectivity index (χ1n) is 32.2. The van der Waals surface area contributed by atoms with Gasteiger partial charge in [-0.2, -0.15) is 0 Å². The van der Waals surface area contributed by atoms with Crippen molar-refractivity contribution in [1.29, 1.82) is 0 Å². The number of hydrogen-bond donors (Lipinski definition) is 0. The zero-order valence-corrected chi connectivity index (χ0v) is 49.3. The molecule has 0 atom stereocenters. The lowest BCUT2D eigenvalue weighted by atomic mass is 9.68. The van der Waals surface area contributed by atoms with Crippen LogP contribution in [0.2, 0.25) is 0 Å². The highest BCUT2D eigenvalue weighted by Crippen LogP contribution is 2.59. The normalized spacial score (nSPS) is 13.7. The second-order valence-electron chi connectivity index (χ2n) is 24.4. The zero-order valence-electron chi connectivity index (χ0n) is 49.3. The second kappa shape index (κ2) is 26.0. The van der Waals surface area contributed by atoms with Crippen molar-refractivity contribution in [3.8, 4) is 66.8 Å². The molecular formula is C80H90. The van der Waals surface area contributed by atoms with Gasteiger partial charge in [-0.15, -0.1) is 0 Å². The highest BCUT2D eigenvalue weighted by molar-refractivity contribution is 6.12. The highest BCUT2D eigenvalue weighted by atomic mass is 14.5. The number of fused-ring (bicyclic) bond motifs is 8. The molecule has 410 valence electrons. The second-order valence-corrected chi connectivity index (χ2v) is 24.4. The first kappa shape index (κ1) is 55.4. The molecule has 9 aromatic carbocycles. The average molecular weight is 1050 g/mol. The predicted molar refractivity (Wildman–Crippen MR) is 349 cm³/mol. The number of rotatable bonds is 28. The molecule has 0 fully saturated rings. The van der Waals surface area contributed by atoms with Gasteiger partial charge >= 0.3 is 0 Å². The van der Waals surface area contributed by atoms with Gasteiger partial charge < -0.3 is 0 Å². The molecule has 0 nitrogen and oxygen atoms in total. The number of benzene rings is 9. The van der Waals surface area contributed by atoms with Crippen LogP contribution in [0.25, 0.3) is 88.3 Å². The van der Waals surface area contributed by atoms with Gasteiger partial charge in [0.1, 0.15) is 0 Å². The van der Waals surface area contributed by atoms with Gasteiger partial charge in [0.15, 0.2) is 0 Å². The van der Waals surface area contributed by atoms with Crippen LogP contribution in [0.1, 0.15) is 204 Å². The summed E-state index contributed by atoms with van der Waals surface area (Å²) in [7, 11) is 0. The Morgan fingerprint density at radius 1 is 0.237 bits per heavy atom. The Hall–Kier alpha value is -6.50. The molecule has 0 spiro atoms. The van der Waals surface area contributed by atoms with Crippen LogP contribution >= 0.6 is 0 Å². The van der Waals surface area contributed by atoms with Crippen LogP contribution in [-0.2, 0) is 10.8 Å². The van der Waals surface area contributed by atoms with Crippen molar-refractivity contribution in [3.05, 3.63) is 204 Å². The molecule has 2 aliphatic rings. The molecule has 0 N–H and O–H groups in total. The van der Waals surface area contributed by atoms with E-state index in [4.69, 9.17) is 0 Å². The minimum absolute atomic E-state index is 0.0241. The molecule has 0 heteroatoms. The molecule has 2 aliphatic carbocycles. The van der Waals surface area contributed by atoms with Crippen molar-refractivity contribution in [3.63, 3.8) is 0 Å². The van der Waals surface area contributed by atoms with Gasteiger partial charge in [0.05, 0.1) is 0 Å². The Morgan fingerprint density at radius 3 is 0.912 bits per heavy atom. The number of hydrogen-bond acceptors (Lipinski definition) is 0. The van der Waals surface area contributed by atoms with Crippen LogP contribution in [-0.4, -0.2) is 0 Å². The van der Waals surface area contributed by atoms with Crippen molar-refractivity contribution < 1.29 is 0 Å². The predicted octanol–water partition coefficient (Wildman–Crippen LogP) is 24.6. The lowest BCUT2D eigenvalue weighted by Crippen LogP contribution is -2.26. The standard InChI is InChI=1S/C80H90/c1-5-9-13-17-31-49-79(50-32-18-14-10-6-2)75-47-29-27-41-67(75)69-45-35-43-65(77(69)79)61-53-63-57-74-64(58-73(63)71(55-61)59-37-23-21-24-38-59)54-62(56-72(74)60-39-25-22-26-40-60)66-44-36-46-70-68-42-28-30-48-76(68)80(78(66)70,51-33-19-15-11-7-3)52-34-20-16-12-8-4/h21-30,35-48,53-58H,5-20,31-34,49-52H2,1-4H3. The van der Waals surface area contributed by atoms with Gasteiger partial charge in [-0.05, 0) is 173 Å². The molecule has 11 rings (SSSR count). The van der Waals surface area contributed by atoms with E-state index < -0.39 is 0 Å². The van der Waals surface area contributed by atoms with E-state index in [9.17, 15) is 0 Å². The van der Waals surface area contributed by atoms with Crippen molar-refractivity contribution in [2.24, 2.45) is 0 Å². The van der Waals surface area contributed by atoms with Crippen LogP contribution < -0.4 is 0 Å². The number of unbranched alkanes of at least 4 members (excludes halogenated alkanes) is 16. The lowest BCUT2D eigenvalue weighted by Gasteiger charge is -2.35. The third kappa shape index (κ3) is 11.0. The SMILES string of the molecule is CCCCCCCC1(CCCCCCC)c2ccccc2-c2cccc(-c3cc(-c4ccccc4)c4cc5cc(-c6cccc7c6C(CCCCCCC)(CCCCCCC)c6ccccc6-7)cc(-c6ccccc6)c5cc4c3)c21.